The fourth-order valence-corrected chi connectivity index (χ4v) is 7.55. The minimum atomic E-state index is -1.51. The van der Waals surface area contributed by atoms with Crippen molar-refractivity contribution in [2.75, 3.05) is 12.0 Å². The number of methoxy groups -OCH3 is 1. The molecule has 1 spiro atoms. The molecule has 4 aromatic rings. The zero-order valence-electron chi connectivity index (χ0n) is 24.5. The summed E-state index contributed by atoms with van der Waals surface area (Å²) in [6.45, 7) is 4.34. The van der Waals surface area contributed by atoms with Gasteiger partial charge in [0.1, 0.15) is 17.2 Å². The van der Waals surface area contributed by atoms with Crippen molar-refractivity contribution in [3.05, 3.63) is 137 Å². The van der Waals surface area contributed by atoms with Crippen LogP contribution in [0.25, 0.3) is 6.08 Å². The van der Waals surface area contributed by atoms with Crippen LogP contribution in [-0.4, -0.2) is 36.5 Å². The summed E-state index contributed by atoms with van der Waals surface area (Å²) in [6, 6.07) is 28.8. The highest BCUT2D eigenvalue weighted by molar-refractivity contribution is 6.32. The summed E-state index contributed by atoms with van der Waals surface area (Å²) in [4.78, 5) is 46.4. The Morgan fingerprint density at radius 3 is 2.09 bits per heavy atom. The van der Waals surface area contributed by atoms with E-state index >= 15 is 0 Å². The summed E-state index contributed by atoms with van der Waals surface area (Å²) < 4.78 is 5.44. The van der Waals surface area contributed by atoms with Gasteiger partial charge in [-0.25, -0.2) is 0 Å². The Morgan fingerprint density at radius 1 is 0.837 bits per heavy atom. The summed E-state index contributed by atoms with van der Waals surface area (Å²) in [7, 11) is 1.60. The van der Waals surface area contributed by atoms with Gasteiger partial charge in [0.05, 0.1) is 13.2 Å². The van der Waals surface area contributed by atoms with Gasteiger partial charge in [-0.15, -0.1) is 0 Å². The van der Waals surface area contributed by atoms with Gasteiger partial charge in [0.2, 0.25) is 0 Å². The third-order valence-corrected chi connectivity index (χ3v) is 9.34. The molecular weight excluding hydrogens is 534 g/mol. The Kier molecular flexibility index (Phi) is 6.42. The van der Waals surface area contributed by atoms with Gasteiger partial charge >= 0.3 is 0 Å². The van der Waals surface area contributed by atoms with Crippen LogP contribution in [0.3, 0.4) is 0 Å². The van der Waals surface area contributed by atoms with Gasteiger partial charge in [-0.05, 0) is 47.2 Å². The Balaban J connectivity index is 1.48. The Bertz CT molecular complexity index is 1750. The average Bonchev–Trinajstić information content (AvgIpc) is 3.47. The molecule has 1 aliphatic carbocycles. The van der Waals surface area contributed by atoms with Crippen LogP contribution in [0.2, 0.25) is 0 Å². The first kappa shape index (κ1) is 27.1. The fraction of sp³-hybridized carbons (Fsp3) is 0.237. The first-order valence-corrected chi connectivity index (χ1v) is 14.9. The Labute approximate surface area is 251 Å². The van der Waals surface area contributed by atoms with Crippen LogP contribution < -0.4 is 9.64 Å². The van der Waals surface area contributed by atoms with E-state index in [9.17, 15) is 14.4 Å². The molecule has 0 aromatic heterocycles. The largest absolute Gasteiger partial charge is 0.497 e. The maximum atomic E-state index is 14.9. The van der Waals surface area contributed by atoms with Gasteiger partial charge in [0.25, 0.3) is 0 Å². The number of carbonyl (C=O) groups excluding carboxylic acids is 3. The first-order chi connectivity index (χ1) is 20.9. The SMILES string of the molecule is COc1ccc([C@H]2[C@H](C(=O)c3ccc(CC(C)C)cc3)N3c4ccccc4C=CC3C23C(=O)c2ccccc2C3=O)cc1. The maximum absolute atomic E-state index is 14.9. The number of ketones is 3. The minimum absolute atomic E-state index is 0.111. The summed E-state index contributed by atoms with van der Waals surface area (Å²) in [6.07, 6.45) is 4.86. The lowest BCUT2D eigenvalue weighted by Gasteiger charge is -2.37. The van der Waals surface area contributed by atoms with E-state index in [1.165, 1.54) is 5.56 Å². The van der Waals surface area contributed by atoms with E-state index in [0.717, 1.165) is 23.2 Å². The van der Waals surface area contributed by atoms with Crippen molar-refractivity contribution in [3.8, 4) is 5.75 Å². The van der Waals surface area contributed by atoms with E-state index in [4.69, 9.17) is 4.74 Å². The lowest BCUT2D eigenvalue weighted by Crippen LogP contribution is -2.48. The molecule has 0 amide bonds. The van der Waals surface area contributed by atoms with Crippen molar-refractivity contribution in [1.82, 2.24) is 0 Å². The molecule has 2 heterocycles. The number of anilines is 1. The van der Waals surface area contributed by atoms with E-state index in [2.05, 4.69) is 18.7 Å². The number of benzene rings is 4. The third kappa shape index (κ3) is 3.94. The second-order valence-electron chi connectivity index (χ2n) is 12.2. The number of hydrogen-bond acceptors (Lipinski definition) is 5. The molecule has 7 rings (SSSR count). The molecule has 4 aromatic carbocycles. The van der Waals surface area contributed by atoms with Gasteiger partial charge in [0.15, 0.2) is 17.3 Å². The molecule has 1 saturated heterocycles. The van der Waals surface area contributed by atoms with Crippen LogP contribution in [0.15, 0.2) is 103 Å². The van der Waals surface area contributed by atoms with Crippen LogP contribution in [0, 0.1) is 11.3 Å². The number of fused-ring (bicyclic) bond motifs is 5. The smallest absolute Gasteiger partial charge is 0.185 e. The number of hydrogen-bond donors (Lipinski definition) is 0. The van der Waals surface area contributed by atoms with E-state index in [0.29, 0.717) is 28.4 Å². The van der Waals surface area contributed by atoms with Crippen molar-refractivity contribution < 1.29 is 19.1 Å². The number of carbonyl (C=O) groups is 3. The molecule has 214 valence electrons. The molecule has 0 bridgehead atoms. The predicted octanol–water partition coefficient (Wildman–Crippen LogP) is 7.21. The predicted molar refractivity (Wildman–Crippen MR) is 168 cm³/mol. The van der Waals surface area contributed by atoms with E-state index in [1.807, 2.05) is 84.9 Å². The summed E-state index contributed by atoms with van der Waals surface area (Å²) in [5.41, 5.74) is 3.61. The number of ether oxygens (including phenoxy) is 1. The number of nitrogens with zero attached hydrogens (tertiary/aromatic N) is 1. The molecule has 0 saturated carbocycles. The summed E-state index contributed by atoms with van der Waals surface area (Å²) in [5.74, 6) is -0.148. The molecule has 3 aliphatic rings. The molecule has 5 nitrogen and oxygen atoms in total. The van der Waals surface area contributed by atoms with Gasteiger partial charge in [0, 0.05) is 28.3 Å². The molecule has 43 heavy (non-hydrogen) atoms. The number of Topliss-reactive ketones (excluding diaryl/α,β-unsaturated/α-hetero) is 3. The number of para-hydroxylation sites is 1. The van der Waals surface area contributed by atoms with E-state index < -0.39 is 23.4 Å². The molecular formula is C38H33NO4. The molecule has 1 fully saturated rings. The number of rotatable bonds is 6. The summed E-state index contributed by atoms with van der Waals surface area (Å²) in [5, 5.41) is 0. The average molecular weight is 568 g/mol. The highest BCUT2D eigenvalue weighted by Gasteiger charge is 2.71. The van der Waals surface area contributed by atoms with Gasteiger partial charge in [-0.2, -0.15) is 0 Å². The Morgan fingerprint density at radius 2 is 1.47 bits per heavy atom. The van der Waals surface area contributed by atoms with E-state index in [-0.39, 0.29) is 17.3 Å². The second kappa shape index (κ2) is 10.2. The highest BCUT2D eigenvalue weighted by Crippen LogP contribution is 2.61. The Hall–Kier alpha value is -4.77. The van der Waals surface area contributed by atoms with Crippen molar-refractivity contribution in [1.29, 1.82) is 0 Å². The topological polar surface area (TPSA) is 63.7 Å². The maximum Gasteiger partial charge on any atom is 0.185 e. The van der Waals surface area contributed by atoms with Crippen molar-refractivity contribution in [2.24, 2.45) is 11.3 Å². The van der Waals surface area contributed by atoms with E-state index in [1.54, 1.807) is 31.4 Å². The third-order valence-electron chi connectivity index (χ3n) is 9.34. The van der Waals surface area contributed by atoms with Crippen LogP contribution in [0.5, 0.6) is 5.75 Å². The van der Waals surface area contributed by atoms with Gasteiger partial charge in [-0.1, -0.05) is 105 Å². The van der Waals surface area contributed by atoms with Crippen molar-refractivity contribution in [2.45, 2.75) is 38.3 Å². The standard InChI is InChI=1S/C38H33NO4/c1-23(2)22-24-12-14-27(15-13-24)35(40)34-33(26-16-19-28(43-3)20-17-26)38(36(41)29-9-5-6-10-30(29)37(38)42)32-21-18-25-8-4-7-11-31(25)39(32)34/h4-21,23,32-34H,22H2,1-3H3/t32?,33-,34+/m0/s1. The normalized spacial score (nSPS) is 21.2. The molecule has 0 N–H and O–H groups in total. The molecule has 5 heteroatoms. The quantitative estimate of drug-likeness (QED) is 0.182. The van der Waals surface area contributed by atoms with Crippen molar-refractivity contribution >= 4 is 29.1 Å². The zero-order chi connectivity index (χ0) is 29.9. The molecule has 1 unspecified atom stereocenters. The van der Waals surface area contributed by atoms with Gasteiger partial charge < -0.3 is 9.64 Å². The van der Waals surface area contributed by atoms with Crippen molar-refractivity contribution in [3.63, 3.8) is 0 Å². The minimum Gasteiger partial charge on any atom is -0.497 e. The van der Waals surface area contributed by atoms with Crippen LogP contribution in [0.1, 0.15) is 67.5 Å². The second-order valence-corrected chi connectivity index (χ2v) is 12.2. The van der Waals surface area contributed by atoms with Crippen LogP contribution in [0.4, 0.5) is 5.69 Å². The van der Waals surface area contributed by atoms with Gasteiger partial charge in [-0.3, -0.25) is 14.4 Å². The monoisotopic (exact) mass is 567 g/mol. The summed E-state index contributed by atoms with van der Waals surface area (Å²) >= 11 is 0. The lowest BCUT2D eigenvalue weighted by atomic mass is 9.64. The molecule has 3 atom stereocenters. The van der Waals surface area contributed by atoms with Crippen LogP contribution >= 0.6 is 0 Å². The molecule has 2 aliphatic heterocycles. The zero-order valence-corrected chi connectivity index (χ0v) is 24.5. The lowest BCUT2D eigenvalue weighted by molar-refractivity contribution is 0.0666. The fourth-order valence-electron chi connectivity index (χ4n) is 7.55. The highest BCUT2D eigenvalue weighted by atomic mass is 16.5. The first-order valence-electron chi connectivity index (χ1n) is 14.9. The molecule has 0 radical (unpaired) electrons. The van der Waals surface area contributed by atoms with Crippen LogP contribution in [-0.2, 0) is 6.42 Å².